The molecule has 0 N–H and O–H groups in total. The molecule has 0 aromatic heterocycles. The minimum atomic E-state index is 0.488. The van der Waals surface area contributed by atoms with E-state index in [1.807, 2.05) is 0 Å². The van der Waals surface area contributed by atoms with Crippen LogP contribution in [0.3, 0.4) is 0 Å². The first-order valence-corrected chi connectivity index (χ1v) is 3.86. The van der Waals surface area contributed by atoms with Gasteiger partial charge in [-0.2, -0.15) is 0 Å². The lowest BCUT2D eigenvalue weighted by Gasteiger charge is -2.16. The van der Waals surface area contributed by atoms with Crippen molar-refractivity contribution in [2.75, 3.05) is 0 Å². The summed E-state index contributed by atoms with van der Waals surface area (Å²) in [7, 11) is 0. The normalized spacial score (nSPS) is 30.1. The van der Waals surface area contributed by atoms with Crippen LogP contribution in [0.25, 0.3) is 0 Å². The molecule has 1 nitrogen and oxygen atoms in total. The lowest BCUT2D eigenvalue weighted by molar-refractivity contribution is 0.560. The Kier molecular flexibility index (Phi) is 0.961. The van der Waals surface area contributed by atoms with Crippen LogP contribution in [-0.4, -0.2) is 11.3 Å². The smallest absolute Gasteiger partial charge is 0.0609 e. The highest BCUT2D eigenvalue weighted by Crippen LogP contribution is 2.46. The fraction of sp³-hybridized carbons (Fsp3) is 0.875. The first kappa shape index (κ1) is 5.45. The van der Waals surface area contributed by atoms with Crippen molar-refractivity contribution in [2.45, 2.75) is 44.6 Å². The van der Waals surface area contributed by atoms with E-state index in [-0.39, 0.29) is 0 Å². The summed E-state index contributed by atoms with van der Waals surface area (Å²) in [5.74, 6) is 0. The topological polar surface area (TPSA) is 12.4 Å². The molecule has 1 spiro atoms. The molecule has 1 heterocycles. The molecule has 0 aromatic rings. The van der Waals surface area contributed by atoms with E-state index in [9.17, 15) is 0 Å². The molecule has 0 aromatic carbocycles. The number of hydrogen-bond donors (Lipinski definition) is 0. The number of rotatable bonds is 0. The van der Waals surface area contributed by atoms with Crippen molar-refractivity contribution in [1.82, 2.24) is 0 Å². The third-order valence-electron chi connectivity index (χ3n) is 2.44. The quantitative estimate of drug-likeness (QED) is 0.468. The lowest BCUT2D eigenvalue weighted by atomic mass is 10.0. The summed E-state index contributed by atoms with van der Waals surface area (Å²) < 4.78 is 0. The molecule has 0 bridgehead atoms. The van der Waals surface area contributed by atoms with Crippen LogP contribution >= 0.6 is 0 Å². The van der Waals surface area contributed by atoms with E-state index >= 15 is 0 Å². The van der Waals surface area contributed by atoms with E-state index in [0.717, 1.165) is 0 Å². The fourth-order valence-electron chi connectivity index (χ4n) is 1.70. The van der Waals surface area contributed by atoms with Crippen LogP contribution in [0.5, 0.6) is 0 Å². The average Bonchev–Trinajstić information content (AvgIpc) is 2.49. The summed E-state index contributed by atoms with van der Waals surface area (Å²) in [4.78, 5) is 4.64. The molecule has 0 saturated heterocycles. The van der Waals surface area contributed by atoms with Gasteiger partial charge in [0.15, 0.2) is 0 Å². The van der Waals surface area contributed by atoms with Gasteiger partial charge in [0.25, 0.3) is 0 Å². The third kappa shape index (κ3) is 0.887. The second kappa shape index (κ2) is 1.59. The predicted molar refractivity (Wildman–Crippen MR) is 38.9 cm³/mol. The molecule has 1 saturated carbocycles. The van der Waals surface area contributed by atoms with Gasteiger partial charge in [0.1, 0.15) is 0 Å². The standard InChI is InChI=1S/C8H13N/c1-7-3-2-4-8(9-7)5-6-8/h2-6H2,1H3. The molecule has 2 rings (SSSR count). The Balaban J connectivity index is 2.18. The first-order chi connectivity index (χ1) is 4.31. The van der Waals surface area contributed by atoms with Crippen molar-refractivity contribution in [3.05, 3.63) is 0 Å². The second-order valence-corrected chi connectivity index (χ2v) is 3.42. The highest BCUT2D eigenvalue weighted by Gasteiger charge is 2.43. The largest absolute Gasteiger partial charge is 0.288 e. The molecule has 9 heavy (non-hydrogen) atoms. The van der Waals surface area contributed by atoms with Crippen LogP contribution in [-0.2, 0) is 0 Å². The molecular formula is C8H13N. The fourth-order valence-corrected chi connectivity index (χ4v) is 1.70. The Morgan fingerprint density at radius 1 is 1.33 bits per heavy atom. The Morgan fingerprint density at radius 2 is 2.11 bits per heavy atom. The van der Waals surface area contributed by atoms with Crippen molar-refractivity contribution < 1.29 is 0 Å². The molecule has 0 radical (unpaired) electrons. The van der Waals surface area contributed by atoms with Crippen LogP contribution < -0.4 is 0 Å². The molecular weight excluding hydrogens is 110 g/mol. The average molecular weight is 123 g/mol. The maximum absolute atomic E-state index is 4.64. The molecule has 0 amide bonds. The molecule has 0 atom stereocenters. The maximum Gasteiger partial charge on any atom is 0.0609 e. The zero-order chi connectivity index (χ0) is 6.32. The number of hydrogen-bond acceptors (Lipinski definition) is 1. The van der Waals surface area contributed by atoms with Crippen LogP contribution in [0.15, 0.2) is 4.99 Å². The van der Waals surface area contributed by atoms with Crippen LogP contribution in [0.2, 0.25) is 0 Å². The minimum absolute atomic E-state index is 0.488. The van der Waals surface area contributed by atoms with Gasteiger partial charge in [-0.25, -0.2) is 0 Å². The summed E-state index contributed by atoms with van der Waals surface area (Å²) in [6.45, 7) is 2.17. The van der Waals surface area contributed by atoms with E-state index in [4.69, 9.17) is 0 Å². The van der Waals surface area contributed by atoms with Gasteiger partial charge in [0, 0.05) is 5.71 Å². The second-order valence-electron chi connectivity index (χ2n) is 3.42. The Bertz CT molecular complexity index is 154. The summed E-state index contributed by atoms with van der Waals surface area (Å²) in [5.41, 5.74) is 1.88. The van der Waals surface area contributed by atoms with E-state index in [2.05, 4.69) is 11.9 Å². The zero-order valence-electron chi connectivity index (χ0n) is 5.98. The van der Waals surface area contributed by atoms with E-state index < -0.39 is 0 Å². The molecule has 2 aliphatic rings. The predicted octanol–water partition coefficient (Wildman–Crippen LogP) is 2.16. The van der Waals surface area contributed by atoms with E-state index in [1.54, 1.807) is 0 Å². The summed E-state index contributed by atoms with van der Waals surface area (Å²) in [6.07, 6.45) is 6.73. The molecule has 50 valence electrons. The van der Waals surface area contributed by atoms with Gasteiger partial charge in [-0.1, -0.05) is 0 Å². The molecule has 1 aliphatic carbocycles. The highest BCUT2D eigenvalue weighted by molar-refractivity contribution is 5.83. The highest BCUT2D eigenvalue weighted by atomic mass is 14.9. The monoisotopic (exact) mass is 123 g/mol. The van der Waals surface area contributed by atoms with Gasteiger partial charge in [-0.15, -0.1) is 0 Å². The van der Waals surface area contributed by atoms with Gasteiger partial charge in [0.05, 0.1) is 5.54 Å². The van der Waals surface area contributed by atoms with Crippen LogP contribution in [0.1, 0.15) is 39.0 Å². The minimum Gasteiger partial charge on any atom is -0.288 e. The Labute approximate surface area is 56.2 Å². The van der Waals surface area contributed by atoms with Gasteiger partial charge in [0.2, 0.25) is 0 Å². The Hall–Kier alpha value is -0.330. The summed E-state index contributed by atoms with van der Waals surface area (Å²) >= 11 is 0. The molecule has 1 heteroatoms. The molecule has 1 aliphatic heterocycles. The van der Waals surface area contributed by atoms with E-state index in [1.165, 1.54) is 37.8 Å². The first-order valence-electron chi connectivity index (χ1n) is 3.86. The third-order valence-corrected chi connectivity index (χ3v) is 2.44. The van der Waals surface area contributed by atoms with Gasteiger partial charge in [-0.3, -0.25) is 4.99 Å². The summed E-state index contributed by atoms with van der Waals surface area (Å²) in [5, 5.41) is 0. The lowest BCUT2D eigenvalue weighted by Crippen LogP contribution is -2.13. The van der Waals surface area contributed by atoms with Crippen molar-refractivity contribution in [2.24, 2.45) is 4.99 Å². The van der Waals surface area contributed by atoms with Gasteiger partial charge >= 0.3 is 0 Å². The Morgan fingerprint density at radius 3 is 2.56 bits per heavy atom. The van der Waals surface area contributed by atoms with Gasteiger partial charge < -0.3 is 0 Å². The molecule has 0 unspecified atom stereocenters. The maximum atomic E-state index is 4.64. The van der Waals surface area contributed by atoms with E-state index in [0.29, 0.717) is 5.54 Å². The van der Waals surface area contributed by atoms with Crippen molar-refractivity contribution in [3.8, 4) is 0 Å². The summed E-state index contributed by atoms with van der Waals surface area (Å²) in [6, 6.07) is 0. The van der Waals surface area contributed by atoms with Gasteiger partial charge in [-0.05, 0) is 39.0 Å². The van der Waals surface area contributed by atoms with Crippen LogP contribution in [0.4, 0.5) is 0 Å². The SMILES string of the molecule is CC1=NC2(CCC1)CC2. The zero-order valence-corrected chi connectivity index (χ0v) is 5.98. The number of nitrogens with zero attached hydrogens (tertiary/aromatic N) is 1. The molecule has 1 fully saturated rings. The van der Waals surface area contributed by atoms with Crippen molar-refractivity contribution in [3.63, 3.8) is 0 Å². The number of aliphatic imine (C=N–C) groups is 1. The van der Waals surface area contributed by atoms with Crippen molar-refractivity contribution in [1.29, 1.82) is 0 Å². The van der Waals surface area contributed by atoms with Crippen molar-refractivity contribution >= 4 is 5.71 Å². The van der Waals surface area contributed by atoms with Crippen LogP contribution in [0, 0.1) is 0 Å².